The maximum Gasteiger partial charge on any atom is 0.317 e. The Kier molecular flexibility index (Phi) is 5.73. The minimum atomic E-state index is -0.227. The zero-order valence-corrected chi connectivity index (χ0v) is 19.4. The number of rotatable bonds is 4. The summed E-state index contributed by atoms with van der Waals surface area (Å²) in [5.41, 5.74) is 1.92. The summed E-state index contributed by atoms with van der Waals surface area (Å²) in [6.07, 6.45) is 0.282. The number of nitrogens with one attached hydrogen (secondary N) is 1. The smallest absolute Gasteiger partial charge is 0.317 e. The first kappa shape index (κ1) is 21.8. The summed E-state index contributed by atoms with van der Waals surface area (Å²) < 4.78 is 22.0. The molecule has 10 heteroatoms. The highest BCUT2D eigenvalue weighted by molar-refractivity contribution is 5.97. The van der Waals surface area contributed by atoms with Crippen molar-refractivity contribution in [2.45, 2.75) is 19.0 Å². The topological polar surface area (TPSA) is 92.8 Å². The Morgan fingerprint density at radius 3 is 2.46 bits per heavy atom. The van der Waals surface area contributed by atoms with E-state index in [2.05, 4.69) is 16.3 Å². The Balaban J connectivity index is 0.999. The summed E-state index contributed by atoms with van der Waals surface area (Å²) in [5, 5.41) is 3.05. The fourth-order valence-electron chi connectivity index (χ4n) is 4.93. The third kappa shape index (κ3) is 4.53. The summed E-state index contributed by atoms with van der Waals surface area (Å²) in [6.45, 7) is 5.38. The minimum Gasteiger partial charge on any atom is -0.486 e. The molecular formula is C25H28N4O6. The number of fused-ring (bicyclic) bond motifs is 2. The van der Waals surface area contributed by atoms with Crippen molar-refractivity contribution in [3.8, 4) is 23.0 Å². The molecule has 4 aliphatic rings. The van der Waals surface area contributed by atoms with Gasteiger partial charge in [0, 0.05) is 57.4 Å². The molecule has 0 aliphatic carbocycles. The molecule has 10 nitrogen and oxygen atoms in total. The molecule has 4 aliphatic heterocycles. The number of ether oxygens (including phenoxy) is 4. The van der Waals surface area contributed by atoms with Gasteiger partial charge in [0.25, 0.3) is 0 Å². The molecule has 3 amide bonds. The summed E-state index contributed by atoms with van der Waals surface area (Å²) in [4.78, 5) is 31.4. The third-order valence-corrected chi connectivity index (χ3v) is 6.79. The number of carbonyl (C=O) groups is 2. The Morgan fingerprint density at radius 1 is 0.886 bits per heavy atom. The van der Waals surface area contributed by atoms with E-state index in [1.807, 2.05) is 35.2 Å². The number of hydrogen-bond donors (Lipinski definition) is 1. The van der Waals surface area contributed by atoms with E-state index in [4.69, 9.17) is 18.9 Å². The summed E-state index contributed by atoms with van der Waals surface area (Å²) >= 11 is 0. The van der Waals surface area contributed by atoms with E-state index in [1.54, 1.807) is 4.90 Å². The molecule has 2 aromatic carbocycles. The van der Waals surface area contributed by atoms with E-state index >= 15 is 0 Å². The standard InChI is InChI=1S/C25H28N4O6/c30-24-12-18(15-29(24)19-2-4-20-23(13-19)33-10-9-32-20)26-25(31)28-7-5-27(6-8-28)14-17-1-3-21-22(11-17)35-16-34-21/h1-4,11,13,18H,5-10,12,14-16H2,(H,26,31). The van der Waals surface area contributed by atoms with Crippen LogP contribution in [0.3, 0.4) is 0 Å². The normalized spacial score (nSPS) is 21.4. The molecule has 1 atom stereocenters. The van der Waals surface area contributed by atoms with Gasteiger partial charge in [0.05, 0.1) is 6.04 Å². The van der Waals surface area contributed by atoms with Gasteiger partial charge in [-0.25, -0.2) is 4.79 Å². The van der Waals surface area contributed by atoms with Crippen LogP contribution in [0.4, 0.5) is 10.5 Å². The van der Waals surface area contributed by atoms with Crippen LogP contribution in [-0.4, -0.2) is 80.5 Å². The van der Waals surface area contributed by atoms with Gasteiger partial charge in [-0.15, -0.1) is 0 Å². The van der Waals surface area contributed by atoms with Gasteiger partial charge in [-0.2, -0.15) is 0 Å². The number of amides is 3. The third-order valence-electron chi connectivity index (χ3n) is 6.79. The van der Waals surface area contributed by atoms with Crippen molar-refractivity contribution in [3.05, 3.63) is 42.0 Å². The number of carbonyl (C=O) groups excluding carboxylic acids is 2. The molecule has 0 radical (unpaired) electrons. The van der Waals surface area contributed by atoms with Gasteiger partial charge in [-0.05, 0) is 29.8 Å². The van der Waals surface area contributed by atoms with Crippen molar-refractivity contribution in [1.82, 2.24) is 15.1 Å². The molecular weight excluding hydrogens is 452 g/mol. The van der Waals surface area contributed by atoms with Crippen LogP contribution in [-0.2, 0) is 11.3 Å². The number of benzene rings is 2. The molecule has 0 saturated carbocycles. The van der Waals surface area contributed by atoms with E-state index in [9.17, 15) is 9.59 Å². The Hall–Kier alpha value is -3.66. The second kappa shape index (κ2) is 9.18. The quantitative estimate of drug-likeness (QED) is 0.714. The average molecular weight is 481 g/mol. The van der Waals surface area contributed by atoms with E-state index in [-0.39, 0.29) is 31.2 Å². The van der Waals surface area contributed by atoms with E-state index < -0.39 is 0 Å². The van der Waals surface area contributed by atoms with Crippen LogP contribution in [0, 0.1) is 0 Å². The Bertz CT molecular complexity index is 1130. The van der Waals surface area contributed by atoms with Crippen LogP contribution in [0.1, 0.15) is 12.0 Å². The van der Waals surface area contributed by atoms with E-state index in [0.29, 0.717) is 44.3 Å². The zero-order chi connectivity index (χ0) is 23.8. The van der Waals surface area contributed by atoms with Crippen molar-refractivity contribution < 1.29 is 28.5 Å². The van der Waals surface area contributed by atoms with Crippen LogP contribution in [0.15, 0.2) is 36.4 Å². The maximum absolute atomic E-state index is 12.9. The summed E-state index contributed by atoms with van der Waals surface area (Å²) in [5.74, 6) is 2.90. The second-order valence-electron chi connectivity index (χ2n) is 9.13. The minimum absolute atomic E-state index is 0.0134. The molecule has 0 aromatic heterocycles. The molecule has 2 fully saturated rings. The fraction of sp³-hybridized carbons (Fsp3) is 0.440. The van der Waals surface area contributed by atoms with Crippen LogP contribution < -0.4 is 29.2 Å². The first-order valence-electron chi connectivity index (χ1n) is 12.0. The molecule has 1 N–H and O–H groups in total. The van der Waals surface area contributed by atoms with Crippen molar-refractivity contribution in [2.24, 2.45) is 0 Å². The number of piperazine rings is 1. The second-order valence-corrected chi connectivity index (χ2v) is 9.13. The van der Waals surface area contributed by atoms with E-state index in [1.165, 1.54) is 0 Å². The lowest BCUT2D eigenvalue weighted by Crippen LogP contribution is -2.53. The molecule has 184 valence electrons. The lowest BCUT2D eigenvalue weighted by molar-refractivity contribution is -0.117. The van der Waals surface area contributed by atoms with Crippen LogP contribution in [0.25, 0.3) is 0 Å². The molecule has 0 spiro atoms. The van der Waals surface area contributed by atoms with Gasteiger partial charge in [0.1, 0.15) is 13.2 Å². The fourth-order valence-corrected chi connectivity index (χ4v) is 4.93. The van der Waals surface area contributed by atoms with E-state index in [0.717, 1.165) is 42.4 Å². The van der Waals surface area contributed by atoms with Gasteiger partial charge < -0.3 is 34.1 Å². The SMILES string of the molecule is O=C(NC1CC(=O)N(c2ccc3c(c2)OCCO3)C1)N1CCN(Cc2ccc3c(c2)OCO3)CC1. The van der Waals surface area contributed by atoms with Crippen molar-refractivity contribution >= 4 is 17.6 Å². The van der Waals surface area contributed by atoms with Gasteiger partial charge in [-0.1, -0.05) is 6.07 Å². The molecule has 35 heavy (non-hydrogen) atoms. The average Bonchev–Trinajstić information content (AvgIpc) is 3.50. The number of hydrogen-bond acceptors (Lipinski definition) is 7. The Labute approximate surface area is 203 Å². The summed E-state index contributed by atoms with van der Waals surface area (Å²) in [6, 6.07) is 11.2. The lowest BCUT2D eigenvalue weighted by atomic mass is 10.1. The van der Waals surface area contributed by atoms with Crippen LogP contribution in [0.5, 0.6) is 23.0 Å². The predicted octanol–water partition coefficient (Wildman–Crippen LogP) is 1.82. The Morgan fingerprint density at radius 2 is 1.60 bits per heavy atom. The lowest BCUT2D eigenvalue weighted by Gasteiger charge is -2.35. The first-order chi connectivity index (χ1) is 17.1. The first-order valence-corrected chi connectivity index (χ1v) is 12.0. The zero-order valence-electron chi connectivity index (χ0n) is 19.4. The highest BCUT2D eigenvalue weighted by Crippen LogP contribution is 2.35. The molecule has 6 rings (SSSR count). The molecule has 4 heterocycles. The van der Waals surface area contributed by atoms with Crippen LogP contribution in [0.2, 0.25) is 0 Å². The highest BCUT2D eigenvalue weighted by atomic mass is 16.7. The van der Waals surface area contributed by atoms with Gasteiger partial charge in [-0.3, -0.25) is 9.69 Å². The molecule has 1 unspecified atom stereocenters. The molecule has 2 saturated heterocycles. The monoisotopic (exact) mass is 480 g/mol. The number of urea groups is 1. The largest absolute Gasteiger partial charge is 0.486 e. The predicted molar refractivity (Wildman–Crippen MR) is 126 cm³/mol. The number of anilines is 1. The highest BCUT2D eigenvalue weighted by Gasteiger charge is 2.33. The van der Waals surface area contributed by atoms with Crippen molar-refractivity contribution in [1.29, 1.82) is 0 Å². The number of nitrogens with zero attached hydrogens (tertiary/aromatic N) is 3. The van der Waals surface area contributed by atoms with Crippen molar-refractivity contribution in [3.63, 3.8) is 0 Å². The summed E-state index contributed by atoms with van der Waals surface area (Å²) in [7, 11) is 0. The molecule has 2 aromatic rings. The van der Waals surface area contributed by atoms with Crippen molar-refractivity contribution in [2.75, 3.05) is 57.6 Å². The maximum atomic E-state index is 12.9. The van der Waals surface area contributed by atoms with Crippen LogP contribution >= 0.6 is 0 Å². The van der Waals surface area contributed by atoms with Gasteiger partial charge in [0.15, 0.2) is 23.0 Å². The van der Waals surface area contributed by atoms with Gasteiger partial charge >= 0.3 is 6.03 Å². The van der Waals surface area contributed by atoms with Gasteiger partial charge in [0.2, 0.25) is 12.7 Å². The molecule has 0 bridgehead atoms.